The summed E-state index contributed by atoms with van der Waals surface area (Å²) in [7, 11) is 0. The van der Waals surface area contributed by atoms with E-state index in [0.717, 1.165) is 27.8 Å². The number of aryl methyl sites for hydroxylation is 1. The number of nitrogens with two attached hydrogens (primary N) is 1. The monoisotopic (exact) mass is 320 g/mol. The zero-order valence-electron chi connectivity index (χ0n) is 11.3. The van der Waals surface area contributed by atoms with Crippen LogP contribution < -0.4 is 5.73 Å². The van der Waals surface area contributed by atoms with Gasteiger partial charge in [0.2, 0.25) is 0 Å². The van der Waals surface area contributed by atoms with Crippen LogP contribution in [0.25, 0.3) is 11.5 Å². The van der Waals surface area contributed by atoms with Gasteiger partial charge in [-0.1, -0.05) is 13.8 Å². The number of pyridine rings is 1. The summed E-state index contributed by atoms with van der Waals surface area (Å²) in [6, 6.07) is 3.91. The molecule has 0 atom stereocenters. The summed E-state index contributed by atoms with van der Waals surface area (Å²) in [5, 5.41) is 0. The second kappa shape index (κ2) is 5.65. The molecule has 2 rings (SSSR count). The van der Waals surface area contributed by atoms with Crippen LogP contribution in [0.5, 0.6) is 0 Å². The van der Waals surface area contributed by atoms with Crippen molar-refractivity contribution in [3.63, 3.8) is 0 Å². The highest BCUT2D eigenvalue weighted by atomic mass is 79.9. The van der Waals surface area contributed by atoms with Crippen molar-refractivity contribution in [1.82, 2.24) is 15.0 Å². The minimum atomic E-state index is 0.462. The number of hydrogen-bond donors (Lipinski definition) is 1. The standard InChI is InChI=1S/C14H17BrN4/c1-8(2)6-10-12(15)13(16)19-14(18-10)11-7-9(3)4-5-17-11/h4-5,7-8H,6H2,1-3H3,(H2,16,18,19). The van der Waals surface area contributed by atoms with Crippen molar-refractivity contribution in [3.05, 3.63) is 34.1 Å². The number of rotatable bonds is 3. The molecule has 2 heterocycles. The van der Waals surface area contributed by atoms with Crippen LogP contribution in [-0.4, -0.2) is 15.0 Å². The number of anilines is 1. The van der Waals surface area contributed by atoms with E-state index in [1.807, 2.05) is 19.1 Å². The van der Waals surface area contributed by atoms with Crippen LogP contribution in [0, 0.1) is 12.8 Å². The van der Waals surface area contributed by atoms with Gasteiger partial charge in [0.05, 0.1) is 10.2 Å². The van der Waals surface area contributed by atoms with Crippen LogP contribution in [-0.2, 0) is 6.42 Å². The highest BCUT2D eigenvalue weighted by molar-refractivity contribution is 9.10. The zero-order chi connectivity index (χ0) is 14.0. The molecule has 0 aromatic carbocycles. The van der Waals surface area contributed by atoms with Gasteiger partial charge in [-0.05, 0) is 52.9 Å². The Bertz CT molecular complexity index is 596. The van der Waals surface area contributed by atoms with E-state index in [0.29, 0.717) is 17.6 Å². The lowest BCUT2D eigenvalue weighted by Crippen LogP contribution is -2.06. The van der Waals surface area contributed by atoms with E-state index in [1.54, 1.807) is 6.20 Å². The second-order valence-electron chi connectivity index (χ2n) is 5.01. The molecule has 0 aliphatic rings. The predicted molar refractivity (Wildman–Crippen MR) is 80.7 cm³/mol. The van der Waals surface area contributed by atoms with Gasteiger partial charge in [0.25, 0.3) is 0 Å². The molecule has 2 N–H and O–H groups in total. The molecule has 0 bridgehead atoms. The van der Waals surface area contributed by atoms with Gasteiger partial charge in [-0.3, -0.25) is 4.98 Å². The summed E-state index contributed by atoms with van der Waals surface area (Å²) in [6.45, 7) is 6.31. The summed E-state index contributed by atoms with van der Waals surface area (Å²) >= 11 is 3.46. The number of halogens is 1. The lowest BCUT2D eigenvalue weighted by Gasteiger charge is -2.10. The van der Waals surface area contributed by atoms with Gasteiger partial charge in [0.15, 0.2) is 5.82 Å². The Labute approximate surface area is 121 Å². The van der Waals surface area contributed by atoms with Crippen LogP contribution in [0.15, 0.2) is 22.8 Å². The van der Waals surface area contributed by atoms with Crippen molar-refractivity contribution in [2.24, 2.45) is 5.92 Å². The molecule has 2 aromatic rings. The van der Waals surface area contributed by atoms with Crippen molar-refractivity contribution >= 4 is 21.7 Å². The molecule has 0 amide bonds. The maximum absolute atomic E-state index is 5.95. The molecular weight excluding hydrogens is 304 g/mol. The molecule has 0 radical (unpaired) electrons. The van der Waals surface area contributed by atoms with E-state index in [9.17, 15) is 0 Å². The number of hydrogen-bond acceptors (Lipinski definition) is 4. The van der Waals surface area contributed by atoms with Crippen molar-refractivity contribution in [1.29, 1.82) is 0 Å². The number of nitrogen functional groups attached to an aromatic ring is 1. The Morgan fingerprint density at radius 2 is 2.05 bits per heavy atom. The van der Waals surface area contributed by atoms with Gasteiger partial charge in [-0.25, -0.2) is 9.97 Å². The number of aromatic nitrogens is 3. The molecule has 5 heteroatoms. The fourth-order valence-electron chi connectivity index (χ4n) is 1.81. The summed E-state index contributed by atoms with van der Waals surface area (Å²) < 4.78 is 0.789. The summed E-state index contributed by atoms with van der Waals surface area (Å²) in [4.78, 5) is 13.2. The van der Waals surface area contributed by atoms with Crippen molar-refractivity contribution in [2.75, 3.05) is 5.73 Å². The third kappa shape index (κ3) is 3.29. The molecule has 0 saturated carbocycles. The van der Waals surface area contributed by atoms with Crippen LogP contribution in [0.2, 0.25) is 0 Å². The third-order valence-corrected chi connectivity index (χ3v) is 3.56. The highest BCUT2D eigenvalue weighted by Crippen LogP contribution is 2.26. The largest absolute Gasteiger partial charge is 0.383 e. The topological polar surface area (TPSA) is 64.7 Å². The second-order valence-corrected chi connectivity index (χ2v) is 5.80. The van der Waals surface area contributed by atoms with Gasteiger partial charge in [0.1, 0.15) is 11.5 Å². The van der Waals surface area contributed by atoms with Crippen LogP contribution in [0.3, 0.4) is 0 Å². The number of nitrogens with zero attached hydrogens (tertiary/aromatic N) is 3. The van der Waals surface area contributed by atoms with E-state index in [-0.39, 0.29) is 0 Å². The van der Waals surface area contributed by atoms with E-state index in [4.69, 9.17) is 5.73 Å². The molecule has 0 aliphatic carbocycles. The Hall–Kier alpha value is -1.49. The Morgan fingerprint density at radius 1 is 1.32 bits per heavy atom. The minimum Gasteiger partial charge on any atom is -0.383 e. The van der Waals surface area contributed by atoms with E-state index in [1.165, 1.54) is 0 Å². The summed E-state index contributed by atoms with van der Waals surface area (Å²) in [5.74, 6) is 1.55. The first kappa shape index (κ1) is 13.9. The van der Waals surface area contributed by atoms with Gasteiger partial charge in [-0.15, -0.1) is 0 Å². The fraction of sp³-hybridized carbons (Fsp3) is 0.357. The quantitative estimate of drug-likeness (QED) is 0.941. The average molecular weight is 321 g/mol. The molecule has 0 aliphatic heterocycles. The van der Waals surface area contributed by atoms with Gasteiger partial charge >= 0.3 is 0 Å². The summed E-state index contributed by atoms with van der Waals surface area (Å²) in [5.41, 5.74) is 8.76. The Balaban J connectivity index is 2.50. The molecular formula is C14H17BrN4. The van der Waals surface area contributed by atoms with Crippen LogP contribution >= 0.6 is 15.9 Å². The van der Waals surface area contributed by atoms with E-state index >= 15 is 0 Å². The summed E-state index contributed by atoms with van der Waals surface area (Å²) in [6.07, 6.45) is 2.61. The van der Waals surface area contributed by atoms with Gasteiger partial charge < -0.3 is 5.73 Å². The fourth-order valence-corrected chi connectivity index (χ4v) is 2.15. The van der Waals surface area contributed by atoms with Gasteiger partial charge in [0, 0.05) is 6.20 Å². The first-order valence-electron chi connectivity index (χ1n) is 6.22. The molecule has 0 fully saturated rings. The molecule has 4 nitrogen and oxygen atoms in total. The molecule has 19 heavy (non-hydrogen) atoms. The zero-order valence-corrected chi connectivity index (χ0v) is 12.9. The minimum absolute atomic E-state index is 0.462. The average Bonchev–Trinajstić information content (AvgIpc) is 2.34. The smallest absolute Gasteiger partial charge is 0.180 e. The van der Waals surface area contributed by atoms with Crippen molar-refractivity contribution in [3.8, 4) is 11.5 Å². The first-order valence-corrected chi connectivity index (χ1v) is 7.01. The van der Waals surface area contributed by atoms with Crippen molar-refractivity contribution < 1.29 is 0 Å². The maximum Gasteiger partial charge on any atom is 0.180 e. The van der Waals surface area contributed by atoms with Crippen LogP contribution in [0.4, 0.5) is 5.82 Å². The lowest BCUT2D eigenvalue weighted by atomic mass is 10.1. The van der Waals surface area contributed by atoms with Crippen molar-refractivity contribution in [2.45, 2.75) is 27.2 Å². The van der Waals surface area contributed by atoms with Gasteiger partial charge in [-0.2, -0.15) is 0 Å². The maximum atomic E-state index is 5.95. The SMILES string of the molecule is Cc1ccnc(-c2nc(N)c(Br)c(CC(C)C)n2)c1. The lowest BCUT2D eigenvalue weighted by molar-refractivity contribution is 0.632. The Morgan fingerprint density at radius 3 is 2.68 bits per heavy atom. The molecule has 0 saturated heterocycles. The molecule has 0 spiro atoms. The third-order valence-electron chi connectivity index (χ3n) is 2.69. The highest BCUT2D eigenvalue weighted by Gasteiger charge is 2.13. The molecule has 2 aromatic heterocycles. The van der Waals surface area contributed by atoms with E-state index < -0.39 is 0 Å². The van der Waals surface area contributed by atoms with Crippen LogP contribution in [0.1, 0.15) is 25.1 Å². The molecule has 0 unspecified atom stereocenters. The predicted octanol–water partition coefficient (Wildman–Crippen LogP) is 3.39. The Kier molecular flexibility index (Phi) is 4.14. The van der Waals surface area contributed by atoms with E-state index in [2.05, 4.69) is 44.7 Å². The normalized spacial score (nSPS) is 11.0. The molecule has 100 valence electrons. The first-order chi connectivity index (χ1) is 8.97.